The van der Waals surface area contributed by atoms with Gasteiger partial charge >= 0.3 is 0 Å². The number of rotatable bonds is 3. The third-order valence-corrected chi connectivity index (χ3v) is 3.96. The van der Waals surface area contributed by atoms with Crippen LogP contribution in [0.1, 0.15) is 29.3 Å². The molecule has 24 heavy (non-hydrogen) atoms. The first-order valence-electron chi connectivity index (χ1n) is 8.03. The molecule has 0 fully saturated rings. The number of anilines is 2. The Morgan fingerprint density at radius 1 is 1.25 bits per heavy atom. The maximum atomic E-state index is 12.9. The lowest BCUT2D eigenvalue weighted by Gasteiger charge is -2.22. The summed E-state index contributed by atoms with van der Waals surface area (Å²) in [6.07, 6.45) is 0.308. The zero-order chi connectivity index (χ0) is 17.1. The van der Waals surface area contributed by atoms with Gasteiger partial charge < -0.3 is 15.0 Å². The fraction of sp³-hybridized carbons (Fsp3) is 0.263. The van der Waals surface area contributed by atoms with Crippen molar-refractivity contribution in [1.29, 1.82) is 0 Å². The second-order valence-corrected chi connectivity index (χ2v) is 5.75. The molecule has 0 aromatic heterocycles. The predicted molar refractivity (Wildman–Crippen MR) is 93.7 cm³/mol. The van der Waals surface area contributed by atoms with E-state index in [2.05, 4.69) is 5.32 Å². The van der Waals surface area contributed by atoms with Crippen LogP contribution in [0.25, 0.3) is 0 Å². The Kier molecular flexibility index (Phi) is 4.51. The molecule has 2 aromatic rings. The second-order valence-electron chi connectivity index (χ2n) is 5.75. The molecule has 0 unspecified atom stereocenters. The lowest BCUT2D eigenvalue weighted by molar-refractivity contribution is -0.116. The minimum absolute atomic E-state index is 0.107. The van der Waals surface area contributed by atoms with E-state index < -0.39 is 0 Å². The van der Waals surface area contributed by atoms with E-state index in [1.807, 2.05) is 38.1 Å². The Hall–Kier alpha value is -2.82. The molecule has 0 saturated carbocycles. The molecule has 0 saturated heterocycles. The van der Waals surface area contributed by atoms with Crippen molar-refractivity contribution in [2.45, 2.75) is 20.3 Å². The molecule has 0 aliphatic carbocycles. The maximum absolute atomic E-state index is 12.9. The highest BCUT2D eigenvalue weighted by atomic mass is 16.5. The van der Waals surface area contributed by atoms with Crippen molar-refractivity contribution in [1.82, 2.24) is 0 Å². The van der Waals surface area contributed by atoms with E-state index in [1.54, 1.807) is 23.1 Å². The van der Waals surface area contributed by atoms with Gasteiger partial charge in [-0.05, 0) is 49.7 Å². The molecule has 3 rings (SSSR count). The van der Waals surface area contributed by atoms with Crippen molar-refractivity contribution in [2.24, 2.45) is 0 Å². The van der Waals surface area contributed by atoms with Gasteiger partial charge in [0.25, 0.3) is 5.91 Å². The van der Waals surface area contributed by atoms with Gasteiger partial charge in [-0.1, -0.05) is 12.1 Å². The highest BCUT2D eigenvalue weighted by molar-refractivity contribution is 6.07. The standard InChI is InChI=1S/C19H20N2O3/c1-3-21(15-6-4-5-13(2)11-15)19(23)14-7-8-17-16(12-14)20-18(22)9-10-24-17/h4-8,11-12H,3,9-10H2,1-2H3,(H,20,22). The number of ether oxygens (including phenoxy) is 1. The van der Waals surface area contributed by atoms with Crippen LogP contribution < -0.4 is 15.0 Å². The zero-order valence-corrected chi connectivity index (χ0v) is 13.8. The van der Waals surface area contributed by atoms with Gasteiger partial charge in [0.2, 0.25) is 5.91 Å². The van der Waals surface area contributed by atoms with Crippen LogP contribution in [0.15, 0.2) is 42.5 Å². The van der Waals surface area contributed by atoms with Crippen molar-refractivity contribution in [3.05, 3.63) is 53.6 Å². The van der Waals surface area contributed by atoms with Gasteiger partial charge in [-0.15, -0.1) is 0 Å². The molecule has 1 aliphatic heterocycles. The zero-order valence-electron chi connectivity index (χ0n) is 13.8. The first-order chi connectivity index (χ1) is 11.6. The predicted octanol–water partition coefficient (Wildman–Crippen LogP) is 3.38. The largest absolute Gasteiger partial charge is 0.491 e. The topological polar surface area (TPSA) is 58.6 Å². The quantitative estimate of drug-likeness (QED) is 0.941. The van der Waals surface area contributed by atoms with Crippen molar-refractivity contribution >= 4 is 23.2 Å². The Balaban J connectivity index is 1.93. The second kappa shape index (κ2) is 6.74. The molecule has 0 bridgehead atoms. The molecule has 2 aromatic carbocycles. The minimum atomic E-state index is -0.107. The number of hydrogen-bond acceptors (Lipinski definition) is 3. The van der Waals surface area contributed by atoms with E-state index in [9.17, 15) is 9.59 Å². The number of fused-ring (bicyclic) bond motifs is 1. The number of carbonyl (C=O) groups is 2. The van der Waals surface area contributed by atoms with Crippen molar-refractivity contribution in [3.8, 4) is 5.75 Å². The first kappa shape index (κ1) is 16.1. The monoisotopic (exact) mass is 324 g/mol. The van der Waals surface area contributed by atoms with E-state index in [0.717, 1.165) is 11.3 Å². The summed E-state index contributed by atoms with van der Waals surface area (Å²) in [4.78, 5) is 26.3. The van der Waals surface area contributed by atoms with Gasteiger partial charge in [-0.2, -0.15) is 0 Å². The number of aryl methyl sites for hydroxylation is 1. The lowest BCUT2D eigenvalue weighted by atomic mass is 10.1. The Morgan fingerprint density at radius 3 is 2.83 bits per heavy atom. The summed E-state index contributed by atoms with van der Waals surface area (Å²) in [6.45, 7) is 4.84. The fourth-order valence-corrected chi connectivity index (χ4v) is 2.75. The first-order valence-corrected chi connectivity index (χ1v) is 8.03. The average Bonchev–Trinajstić information content (AvgIpc) is 2.75. The molecule has 0 radical (unpaired) electrons. The smallest absolute Gasteiger partial charge is 0.258 e. The van der Waals surface area contributed by atoms with Crippen LogP contribution in [0.2, 0.25) is 0 Å². The van der Waals surface area contributed by atoms with Crippen LogP contribution >= 0.6 is 0 Å². The van der Waals surface area contributed by atoms with Crippen LogP contribution in [0.5, 0.6) is 5.75 Å². The summed E-state index contributed by atoms with van der Waals surface area (Å²) in [5.74, 6) is 0.379. The van der Waals surface area contributed by atoms with Gasteiger partial charge in [0.05, 0.1) is 18.7 Å². The number of amides is 2. The molecule has 5 heteroatoms. The third kappa shape index (κ3) is 3.25. The van der Waals surface area contributed by atoms with E-state index in [0.29, 0.717) is 36.6 Å². The summed E-state index contributed by atoms with van der Waals surface area (Å²) < 4.78 is 5.53. The van der Waals surface area contributed by atoms with E-state index in [-0.39, 0.29) is 11.8 Å². The molecule has 2 amide bonds. The average molecular weight is 324 g/mol. The molecule has 1 N–H and O–H groups in total. The summed E-state index contributed by atoms with van der Waals surface area (Å²) >= 11 is 0. The number of nitrogens with one attached hydrogen (secondary N) is 1. The van der Waals surface area contributed by atoms with E-state index >= 15 is 0 Å². The van der Waals surface area contributed by atoms with Gasteiger partial charge in [0, 0.05) is 17.8 Å². The number of nitrogens with zero attached hydrogens (tertiary/aromatic N) is 1. The van der Waals surface area contributed by atoms with Gasteiger partial charge in [0.15, 0.2) is 0 Å². The molecule has 5 nitrogen and oxygen atoms in total. The minimum Gasteiger partial charge on any atom is -0.491 e. The van der Waals surface area contributed by atoms with Crippen molar-refractivity contribution < 1.29 is 14.3 Å². The summed E-state index contributed by atoms with van der Waals surface area (Å²) in [7, 11) is 0. The van der Waals surface area contributed by atoms with Gasteiger partial charge in [-0.3, -0.25) is 9.59 Å². The van der Waals surface area contributed by atoms with Crippen LogP contribution in [0, 0.1) is 6.92 Å². The van der Waals surface area contributed by atoms with E-state index in [4.69, 9.17) is 4.74 Å². The van der Waals surface area contributed by atoms with Crippen LogP contribution in [-0.4, -0.2) is 25.0 Å². The number of hydrogen-bond donors (Lipinski definition) is 1. The number of benzene rings is 2. The Morgan fingerprint density at radius 2 is 2.08 bits per heavy atom. The Bertz CT molecular complexity index is 786. The molecule has 0 spiro atoms. The summed E-state index contributed by atoms with van der Waals surface area (Å²) in [5, 5.41) is 2.79. The molecule has 1 aliphatic rings. The van der Waals surface area contributed by atoms with Gasteiger partial charge in [-0.25, -0.2) is 0 Å². The van der Waals surface area contributed by atoms with E-state index in [1.165, 1.54) is 0 Å². The van der Waals surface area contributed by atoms with Crippen molar-refractivity contribution in [2.75, 3.05) is 23.4 Å². The summed E-state index contributed by atoms with van der Waals surface area (Å²) in [6, 6.07) is 13.0. The normalized spacial score (nSPS) is 13.3. The number of carbonyl (C=O) groups excluding carboxylic acids is 2. The SMILES string of the molecule is CCN(C(=O)c1ccc2c(c1)NC(=O)CCO2)c1cccc(C)c1. The van der Waals surface area contributed by atoms with Crippen molar-refractivity contribution in [3.63, 3.8) is 0 Å². The fourth-order valence-electron chi connectivity index (χ4n) is 2.75. The lowest BCUT2D eigenvalue weighted by Crippen LogP contribution is -2.30. The van der Waals surface area contributed by atoms with Gasteiger partial charge in [0.1, 0.15) is 5.75 Å². The third-order valence-electron chi connectivity index (χ3n) is 3.96. The van der Waals surface area contributed by atoms with Crippen LogP contribution in [-0.2, 0) is 4.79 Å². The molecule has 0 atom stereocenters. The molecular weight excluding hydrogens is 304 g/mol. The molecular formula is C19H20N2O3. The Labute approximate surface area is 141 Å². The molecule has 124 valence electrons. The van der Waals surface area contributed by atoms with Crippen LogP contribution in [0.3, 0.4) is 0 Å². The highest BCUT2D eigenvalue weighted by Gasteiger charge is 2.20. The van der Waals surface area contributed by atoms with Crippen LogP contribution in [0.4, 0.5) is 11.4 Å². The highest BCUT2D eigenvalue weighted by Crippen LogP contribution is 2.29. The maximum Gasteiger partial charge on any atom is 0.258 e. The molecule has 1 heterocycles. The summed E-state index contributed by atoms with van der Waals surface area (Å²) in [5.41, 5.74) is 3.02.